The minimum absolute atomic E-state index is 0.196. The molecule has 0 spiro atoms. The van der Waals surface area contributed by atoms with Crippen LogP contribution in [-0.2, 0) is 4.74 Å². The van der Waals surface area contributed by atoms with Gasteiger partial charge in [-0.05, 0) is 36.1 Å². The standard InChI is InChI=1S/C17H17NO3S/c1-3-22-15-10-5-4-9-14(15)16(19)18-13-8-6-7-12(11-13)17(20)21-2/h4-11H,3H2,1-2H3,(H,18,19). The molecule has 0 aliphatic rings. The molecular weight excluding hydrogens is 298 g/mol. The summed E-state index contributed by atoms with van der Waals surface area (Å²) in [5, 5.41) is 2.82. The number of thioether (sulfide) groups is 1. The Morgan fingerprint density at radius 3 is 2.64 bits per heavy atom. The molecule has 0 fully saturated rings. The highest BCUT2D eigenvalue weighted by Crippen LogP contribution is 2.23. The van der Waals surface area contributed by atoms with E-state index in [2.05, 4.69) is 10.1 Å². The van der Waals surface area contributed by atoms with E-state index in [0.29, 0.717) is 16.8 Å². The van der Waals surface area contributed by atoms with E-state index in [0.717, 1.165) is 10.6 Å². The molecule has 0 aliphatic carbocycles. The molecule has 0 aromatic heterocycles. The van der Waals surface area contributed by atoms with Crippen LogP contribution >= 0.6 is 11.8 Å². The van der Waals surface area contributed by atoms with Crippen LogP contribution in [0.2, 0.25) is 0 Å². The second-order valence-corrected chi connectivity index (χ2v) is 5.76. The van der Waals surface area contributed by atoms with E-state index in [4.69, 9.17) is 0 Å². The number of methoxy groups -OCH3 is 1. The van der Waals surface area contributed by atoms with Gasteiger partial charge in [-0.3, -0.25) is 4.79 Å². The molecule has 0 unspecified atom stereocenters. The Bertz CT molecular complexity index is 685. The van der Waals surface area contributed by atoms with Crippen molar-refractivity contribution >= 4 is 29.3 Å². The van der Waals surface area contributed by atoms with E-state index in [-0.39, 0.29) is 5.91 Å². The van der Waals surface area contributed by atoms with Gasteiger partial charge in [0, 0.05) is 10.6 Å². The van der Waals surface area contributed by atoms with Crippen molar-refractivity contribution in [1.82, 2.24) is 0 Å². The average molecular weight is 315 g/mol. The van der Waals surface area contributed by atoms with Gasteiger partial charge in [-0.15, -0.1) is 11.8 Å². The second-order valence-electron chi connectivity index (χ2n) is 4.46. The zero-order valence-electron chi connectivity index (χ0n) is 12.5. The molecule has 2 aromatic carbocycles. The molecule has 2 aromatic rings. The monoisotopic (exact) mass is 315 g/mol. The first-order valence-electron chi connectivity index (χ1n) is 6.87. The largest absolute Gasteiger partial charge is 0.465 e. The Labute approximate surface area is 133 Å². The summed E-state index contributed by atoms with van der Waals surface area (Å²) in [5.74, 6) is 0.263. The van der Waals surface area contributed by atoms with Gasteiger partial charge < -0.3 is 10.1 Å². The summed E-state index contributed by atoms with van der Waals surface area (Å²) in [7, 11) is 1.33. The van der Waals surface area contributed by atoms with Crippen LogP contribution in [0.25, 0.3) is 0 Å². The quantitative estimate of drug-likeness (QED) is 0.673. The van der Waals surface area contributed by atoms with Gasteiger partial charge in [-0.2, -0.15) is 0 Å². The van der Waals surface area contributed by atoms with E-state index in [9.17, 15) is 9.59 Å². The summed E-state index contributed by atoms with van der Waals surface area (Å²) in [5.41, 5.74) is 1.58. The molecule has 22 heavy (non-hydrogen) atoms. The molecular formula is C17H17NO3S. The lowest BCUT2D eigenvalue weighted by molar-refractivity contribution is 0.0600. The topological polar surface area (TPSA) is 55.4 Å². The third kappa shape index (κ3) is 3.89. The summed E-state index contributed by atoms with van der Waals surface area (Å²) in [6.07, 6.45) is 0. The minimum Gasteiger partial charge on any atom is -0.465 e. The van der Waals surface area contributed by atoms with Gasteiger partial charge in [0.25, 0.3) is 5.91 Å². The van der Waals surface area contributed by atoms with Crippen LogP contribution in [0.3, 0.4) is 0 Å². The van der Waals surface area contributed by atoms with Crippen LogP contribution in [0.1, 0.15) is 27.6 Å². The summed E-state index contributed by atoms with van der Waals surface area (Å²) >= 11 is 1.62. The van der Waals surface area contributed by atoms with Crippen molar-refractivity contribution in [3.63, 3.8) is 0 Å². The lowest BCUT2D eigenvalue weighted by Crippen LogP contribution is -2.13. The number of nitrogens with one attached hydrogen (secondary N) is 1. The maximum absolute atomic E-state index is 12.4. The second kappa shape index (κ2) is 7.66. The molecule has 1 N–H and O–H groups in total. The summed E-state index contributed by atoms with van der Waals surface area (Å²) in [4.78, 5) is 24.9. The van der Waals surface area contributed by atoms with Gasteiger partial charge in [0.2, 0.25) is 0 Å². The number of carbonyl (C=O) groups excluding carboxylic acids is 2. The van der Waals surface area contributed by atoms with Crippen LogP contribution in [0, 0.1) is 0 Å². The van der Waals surface area contributed by atoms with Gasteiger partial charge in [-0.25, -0.2) is 4.79 Å². The van der Waals surface area contributed by atoms with E-state index in [1.165, 1.54) is 7.11 Å². The van der Waals surface area contributed by atoms with Crippen LogP contribution in [0.5, 0.6) is 0 Å². The highest BCUT2D eigenvalue weighted by Gasteiger charge is 2.12. The Morgan fingerprint density at radius 1 is 1.14 bits per heavy atom. The molecule has 1 amide bonds. The Balaban J connectivity index is 2.21. The van der Waals surface area contributed by atoms with Crippen molar-refractivity contribution in [2.45, 2.75) is 11.8 Å². The molecule has 0 aliphatic heterocycles. The van der Waals surface area contributed by atoms with Gasteiger partial charge in [0.05, 0.1) is 18.2 Å². The van der Waals surface area contributed by atoms with Crippen molar-refractivity contribution in [2.24, 2.45) is 0 Å². The number of hydrogen-bond acceptors (Lipinski definition) is 4. The van der Waals surface area contributed by atoms with Crippen molar-refractivity contribution in [2.75, 3.05) is 18.2 Å². The molecule has 114 valence electrons. The van der Waals surface area contributed by atoms with Crippen molar-refractivity contribution in [1.29, 1.82) is 0 Å². The summed E-state index contributed by atoms with van der Waals surface area (Å²) in [6, 6.07) is 14.1. The predicted molar refractivity (Wildman–Crippen MR) is 88.6 cm³/mol. The summed E-state index contributed by atoms with van der Waals surface area (Å²) < 4.78 is 4.68. The molecule has 0 radical (unpaired) electrons. The first-order valence-corrected chi connectivity index (χ1v) is 7.85. The first kappa shape index (κ1) is 16.1. The Morgan fingerprint density at radius 2 is 1.91 bits per heavy atom. The summed E-state index contributed by atoms with van der Waals surface area (Å²) in [6.45, 7) is 2.04. The predicted octanol–water partition coefficient (Wildman–Crippen LogP) is 3.84. The van der Waals surface area contributed by atoms with Crippen LogP contribution in [-0.4, -0.2) is 24.7 Å². The van der Waals surface area contributed by atoms with Crippen LogP contribution in [0.15, 0.2) is 53.4 Å². The van der Waals surface area contributed by atoms with E-state index in [1.54, 1.807) is 42.1 Å². The van der Waals surface area contributed by atoms with Crippen LogP contribution < -0.4 is 5.32 Å². The Hall–Kier alpha value is -2.27. The zero-order valence-corrected chi connectivity index (χ0v) is 13.3. The van der Waals surface area contributed by atoms with Crippen molar-refractivity contribution < 1.29 is 14.3 Å². The number of carbonyl (C=O) groups is 2. The third-order valence-electron chi connectivity index (χ3n) is 2.97. The van der Waals surface area contributed by atoms with Crippen molar-refractivity contribution in [3.8, 4) is 0 Å². The van der Waals surface area contributed by atoms with E-state index in [1.807, 2.05) is 25.1 Å². The number of esters is 1. The lowest BCUT2D eigenvalue weighted by Gasteiger charge is -2.10. The Kier molecular flexibility index (Phi) is 5.61. The minimum atomic E-state index is -0.432. The number of rotatable bonds is 5. The number of ether oxygens (including phenoxy) is 1. The highest BCUT2D eigenvalue weighted by molar-refractivity contribution is 7.99. The van der Waals surface area contributed by atoms with Gasteiger partial charge in [-0.1, -0.05) is 25.1 Å². The highest BCUT2D eigenvalue weighted by atomic mass is 32.2. The molecule has 0 heterocycles. The fourth-order valence-electron chi connectivity index (χ4n) is 1.98. The van der Waals surface area contributed by atoms with Gasteiger partial charge >= 0.3 is 5.97 Å². The van der Waals surface area contributed by atoms with Gasteiger partial charge in [0.15, 0.2) is 0 Å². The smallest absolute Gasteiger partial charge is 0.337 e. The van der Waals surface area contributed by atoms with E-state index >= 15 is 0 Å². The number of anilines is 1. The molecule has 4 nitrogen and oxygen atoms in total. The number of hydrogen-bond donors (Lipinski definition) is 1. The molecule has 0 bridgehead atoms. The lowest BCUT2D eigenvalue weighted by atomic mass is 10.1. The fourth-order valence-corrected chi connectivity index (χ4v) is 2.78. The first-order chi connectivity index (χ1) is 10.7. The van der Waals surface area contributed by atoms with E-state index < -0.39 is 5.97 Å². The molecule has 5 heteroatoms. The molecule has 0 saturated heterocycles. The average Bonchev–Trinajstić information content (AvgIpc) is 2.55. The third-order valence-corrected chi connectivity index (χ3v) is 3.93. The van der Waals surface area contributed by atoms with Crippen molar-refractivity contribution in [3.05, 3.63) is 59.7 Å². The van der Waals surface area contributed by atoms with Crippen LogP contribution in [0.4, 0.5) is 5.69 Å². The molecule has 0 atom stereocenters. The number of amides is 1. The SMILES string of the molecule is CCSc1ccccc1C(=O)Nc1cccc(C(=O)OC)c1. The van der Waals surface area contributed by atoms with Gasteiger partial charge in [0.1, 0.15) is 0 Å². The molecule has 2 rings (SSSR count). The number of benzene rings is 2. The molecule has 0 saturated carbocycles. The fraction of sp³-hybridized carbons (Fsp3) is 0.176. The maximum Gasteiger partial charge on any atom is 0.337 e. The zero-order chi connectivity index (χ0) is 15.9. The normalized spacial score (nSPS) is 10.1. The maximum atomic E-state index is 12.4.